The van der Waals surface area contributed by atoms with Crippen LogP contribution < -0.4 is 10.1 Å². The number of ether oxygens (including phenoxy) is 1. The third-order valence-electron chi connectivity index (χ3n) is 2.63. The summed E-state index contributed by atoms with van der Waals surface area (Å²) in [5, 5.41) is 11.5. The van der Waals surface area contributed by atoms with Crippen LogP contribution in [-0.2, 0) is 0 Å². The van der Waals surface area contributed by atoms with E-state index in [1.807, 2.05) is 26.8 Å². The molecule has 0 aliphatic carbocycles. The highest BCUT2D eigenvalue weighted by atomic mass is 16.5. The standard InChI is InChI=1S/C15H20N2O2/c1-4-13(8-9-16)17-15(18)12-6-5-7-14(10-12)19-11(2)3/h5-7,10-11,13H,4,8H2,1-3H3,(H,17,18). The lowest BCUT2D eigenvalue weighted by Crippen LogP contribution is -2.34. The first-order valence-electron chi connectivity index (χ1n) is 6.51. The van der Waals surface area contributed by atoms with Crippen molar-refractivity contribution in [3.05, 3.63) is 29.8 Å². The van der Waals surface area contributed by atoms with E-state index in [0.29, 0.717) is 17.7 Å². The molecular weight excluding hydrogens is 240 g/mol. The van der Waals surface area contributed by atoms with Crippen molar-refractivity contribution in [2.75, 3.05) is 0 Å². The summed E-state index contributed by atoms with van der Waals surface area (Å²) >= 11 is 0. The first-order chi connectivity index (χ1) is 9.06. The average molecular weight is 260 g/mol. The lowest BCUT2D eigenvalue weighted by atomic mass is 10.1. The summed E-state index contributed by atoms with van der Waals surface area (Å²) in [6.45, 7) is 5.82. The molecule has 1 rings (SSSR count). The first kappa shape index (κ1) is 15.0. The smallest absolute Gasteiger partial charge is 0.251 e. The molecule has 1 atom stereocenters. The molecule has 0 spiro atoms. The van der Waals surface area contributed by atoms with Crippen molar-refractivity contribution in [3.63, 3.8) is 0 Å². The van der Waals surface area contributed by atoms with Crippen LogP contribution in [0.3, 0.4) is 0 Å². The Morgan fingerprint density at radius 2 is 2.21 bits per heavy atom. The van der Waals surface area contributed by atoms with Crippen LogP contribution in [0.1, 0.15) is 44.0 Å². The summed E-state index contributed by atoms with van der Waals surface area (Å²) in [7, 11) is 0. The lowest BCUT2D eigenvalue weighted by Gasteiger charge is -2.14. The van der Waals surface area contributed by atoms with E-state index in [2.05, 4.69) is 11.4 Å². The van der Waals surface area contributed by atoms with E-state index in [0.717, 1.165) is 6.42 Å². The Hall–Kier alpha value is -2.02. The summed E-state index contributed by atoms with van der Waals surface area (Å²) in [5.41, 5.74) is 0.550. The molecule has 1 aromatic carbocycles. The first-order valence-corrected chi connectivity index (χ1v) is 6.51. The number of carbonyl (C=O) groups is 1. The molecule has 19 heavy (non-hydrogen) atoms. The predicted octanol–water partition coefficient (Wildman–Crippen LogP) is 2.90. The topological polar surface area (TPSA) is 62.1 Å². The second kappa shape index (κ2) is 7.42. The summed E-state index contributed by atoms with van der Waals surface area (Å²) in [4.78, 5) is 12.1. The van der Waals surface area contributed by atoms with E-state index < -0.39 is 0 Å². The number of carbonyl (C=O) groups excluding carboxylic acids is 1. The molecule has 1 unspecified atom stereocenters. The van der Waals surface area contributed by atoms with E-state index in [9.17, 15) is 4.79 Å². The van der Waals surface area contributed by atoms with Crippen molar-refractivity contribution in [1.29, 1.82) is 5.26 Å². The summed E-state index contributed by atoms with van der Waals surface area (Å²) in [6, 6.07) is 9.04. The number of benzene rings is 1. The number of nitrogens with zero attached hydrogens (tertiary/aromatic N) is 1. The highest BCUT2D eigenvalue weighted by molar-refractivity contribution is 5.94. The van der Waals surface area contributed by atoms with Gasteiger partial charge < -0.3 is 10.1 Å². The summed E-state index contributed by atoms with van der Waals surface area (Å²) in [5.74, 6) is 0.507. The maximum Gasteiger partial charge on any atom is 0.251 e. The maximum absolute atomic E-state index is 12.1. The van der Waals surface area contributed by atoms with Crippen LogP contribution in [0.25, 0.3) is 0 Å². The molecule has 0 fully saturated rings. The van der Waals surface area contributed by atoms with Crippen LogP contribution >= 0.6 is 0 Å². The second-order valence-corrected chi connectivity index (χ2v) is 4.64. The van der Waals surface area contributed by atoms with Crippen LogP contribution in [0, 0.1) is 11.3 Å². The monoisotopic (exact) mass is 260 g/mol. The highest BCUT2D eigenvalue weighted by Gasteiger charge is 2.12. The summed E-state index contributed by atoms with van der Waals surface area (Å²) in [6.07, 6.45) is 1.13. The van der Waals surface area contributed by atoms with Crippen molar-refractivity contribution in [2.24, 2.45) is 0 Å². The molecule has 102 valence electrons. The summed E-state index contributed by atoms with van der Waals surface area (Å²) < 4.78 is 5.55. The predicted molar refractivity (Wildman–Crippen MR) is 74.0 cm³/mol. The molecule has 0 saturated carbocycles. The lowest BCUT2D eigenvalue weighted by molar-refractivity contribution is 0.0936. The Balaban J connectivity index is 2.74. The number of amides is 1. The van der Waals surface area contributed by atoms with Gasteiger partial charge in [-0.05, 0) is 38.5 Å². The molecule has 4 nitrogen and oxygen atoms in total. The largest absolute Gasteiger partial charge is 0.491 e. The highest BCUT2D eigenvalue weighted by Crippen LogP contribution is 2.15. The van der Waals surface area contributed by atoms with Crippen molar-refractivity contribution in [3.8, 4) is 11.8 Å². The Bertz CT molecular complexity index is 463. The van der Waals surface area contributed by atoms with Crippen molar-refractivity contribution >= 4 is 5.91 Å². The van der Waals surface area contributed by atoms with E-state index in [1.165, 1.54) is 0 Å². The number of nitrogens with one attached hydrogen (secondary N) is 1. The van der Waals surface area contributed by atoms with Crippen molar-refractivity contribution in [2.45, 2.75) is 45.8 Å². The molecular formula is C15H20N2O2. The average Bonchev–Trinajstić information content (AvgIpc) is 2.37. The van der Waals surface area contributed by atoms with E-state index >= 15 is 0 Å². The fourth-order valence-electron chi connectivity index (χ4n) is 1.66. The zero-order valence-electron chi connectivity index (χ0n) is 11.6. The van der Waals surface area contributed by atoms with Gasteiger partial charge in [0.1, 0.15) is 5.75 Å². The van der Waals surface area contributed by atoms with Crippen molar-refractivity contribution < 1.29 is 9.53 Å². The molecule has 4 heteroatoms. The maximum atomic E-state index is 12.1. The minimum Gasteiger partial charge on any atom is -0.491 e. The molecule has 0 aliphatic heterocycles. The number of hydrogen-bond donors (Lipinski definition) is 1. The molecule has 1 amide bonds. The fraction of sp³-hybridized carbons (Fsp3) is 0.467. The van der Waals surface area contributed by atoms with Gasteiger partial charge in [0.2, 0.25) is 0 Å². The molecule has 0 saturated heterocycles. The van der Waals surface area contributed by atoms with Gasteiger partial charge in [-0.1, -0.05) is 13.0 Å². The Morgan fingerprint density at radius 3 is 2.79 bits per heavy atom. The Morgan fingerprint density at radius 1 is 1.47 bits per heavy atom. The van der Waals surface area contributed by atoms with Gasteiger partial charge >= 0.3 is 0 Å². The third-order valence-corrected chi connectivity index (χ3v) is 2.63. The molecule has 0 aliphatic rings. The van der Waals surface area contributed by atoms with Gasteiger partial charge in [0, 0.05) is 11.6 Å². The van der Waals surface area contributed by atoms with Gasteiger partial charge in [-0.3, -0.25) is 4.79 Å². The fourth-order valence-corrected chi connectivity index (χ4v) is 1.66. The van der Waals surface area contributed by atoms with Gasteiger partial charge in [-0.25, -0.2) is 0 Å². The minimum absolute atomic E-state index is 0.0697. The number of hydrogen-bond acceptors (Lipinski definition) is 3. The molecule has 1 N–H and O–H groups in total. The number of nitriles is 1. The van der Waals surface area contributed by atoms with Crippen LogP contribution in [0.2, 0.25) is 0 Å². The van der Waals surface area contributed by atoms with Gasteiger partial charge in [-0.2, -0.15) is 5.26 Å². The Kier molecular flexibility index (Phi) is 5.87. The Labute approximate surface area is 114 Å². The molecule has 1 aromatic rings. The molecule has 0 bridgehead atoms. The van der Waals surface area contributed by atoms with Crippen LogP contribution in [0.5, 0.6) is 5.75 Å². The van der Waals surface area contributed by atoms with Crippen LogP contribution in [-0.4, -0.2) is 18.1 Å². The van der Waals surface area contributed by atoms with Gasteiger partial charge in [0.05, 0.1) is 18.6 Å². The van der Waals surface area contributed by atoms with Crippen LogP contribution in [0.4, 0.5) is 0 Å². The van der Waals surface area contributed by atoms with Gasteiger partial charge in [0.25, 0.3) is 5.91 Å². The van der Waals surface area contributed by atoms with E-state index in [1.54, 1.807) is 18.2 Å². The van der Waals surface area contributed by atoms with Crippen LogP contribution in [0.15, 0.2) is 24.3 Å². The van der Waals surface area contributed by atoms with Gasteiger partial charge in [0.15, 0.2) is 0 Å². The minimum atomic E-state index is -0.170. The zero-order chi connectivity index (χ0) is 14.3. The normalized spacial score (nSPS) is 11.7. The molecule has 0 aromatic heterocycles. The molecule has 0 heterocycles. The van der Waals surface area contributed by atoms with E-state index in [-0.39, 0.29) is 18.1 Å². The quantitative estimate of drug-likeness (QED) is 0.855. The number of rotatable bonds is 6. The van der Waals surface area contributed by atoms with Gasteiger partial charge in [-0.15, -0.1) is 0 Å². The van der Waals surface area contributed by atoms with Crippen molar-refractivity contribution in [1.82, 2.24) is 5.32 Å². The third kappa shape index (κ3) is 5.01. The molecule has 0 radical (unpaired) electrons. The zero-order valence-corrected chi connectivity index (χ0v) is 11.6. The second-order valence-electron chi connectivity index (χ2n) is 4.64. The van der Waals surface area contributed by atoms with E-state index in [4.69, 9.17) is 10.00 Å². The SMILES string of the molecule is CCC(CC#N)NC(=O)c1cccc(OC(C)C)c1.